The minimum Gasteiger partial charge on any atom is -0.466 e. The molecule has 0 saturated carbocycles. The Balaban J connectivity index is 2.39. The minimum atomic E-state index is -2.58. The number of alkyl halides is 1. The summed E-state index contributed by atoms with van der Waals surface area (Å²) >= 11 is 3.29. The molecular formula is C14H12BrFO3. The van der Waals surface area contributed by atoms with Gasteiger partial charge in [-0.25, -0.2) is 9.18 Å². The van der Waals surface area contributed by atoms with Crippen LogP contribution in [-0.2, 0) is 9.53 Å². The molecule has 2 rings (SSSR count). The molecule has 5 heteroatoms. The van der Waals surface area contributed by atoms with Gasteiger partial charge in [-0.3, -0.25) is 0 Å². The Morgan fingerprint density at radius 3 is 2.53 bits per heavy atom. The summed E-state index contributed by atoms with van der Waals surface area (Å²) in [6.45, 7) is 0. The van der Waals surface area contributed by atoms with Crippen LogP contribution in [0.3, 0.4) is 0 Å². The van der Waals surface area contributed by atoms with Crippen molar-refractivity contribution >= 4 is 27.5 Å². The van der Waals surface area contributed by atoms with Crippen LogP contribution in [0.25, 0.3) is 5.57 Å². The Kier molecular flexibility index (Phi) is 3.87. The predicted molar refractivity (Wildman–Crippen MR) is 72.9 cm³/mol. The molecule has 1 aromatic carbocycles. The summed E-state index contributed by atoms with van der Waals surface area (Å²) in [5.74, 6) is -3.21. The lowest BCUT2D eigenvalue weighted by Gasteiger charge is -2.26. The average Bonchev–Trinajstić information content (AvgIpc) is 2.38. The van der Waals surface area contributed by atoms with E-state index in [1.165, 1.54) is 19.3 Å². The lowest BCUT2D eigenvalue weighted by Crippen LogP contribution is -2.29. The van der Waals surface area contributed by atoms with Crippen LogP contribution in [0, 0.1) is 0 Å². The van der Waals surface area contributed by atoms with Gasteiger partial charge < -0.3 is 9.84 Å². The summed E-state index contributed by atoms with van der Waals surface area (Å²) in [4.78, 5) is 11.3. The summed E-state index contributed by atoms with van der Waals surface area (Å²) in [6, 6.07) is 6.90. The van der Waals surface area contributed by atoms with Crippen molar-refractivity contribution in [3.8, 4) is 0 Å². The lowest BCUT2D eigenvalue weighted by molar-refractivity contribution is -0.137. The molecule has 0 radical (unpaired) electrons. The number of hydrogen-bond donors (Lipinski definition) is 1. The highest BCUT2D eigenvalue weighted by atomic mass is 79.9. The first-order valence-corrected chi connectivity index (χ1v) is 6.40. The average molecular weight is 327 g/mol. The van der Waals surface area contributed by atoms with Crippen LogP contribution in [0.15, 0.2) is 46.5 Å². The molecule has 0 saturated heterocycles. The SMILES string of the molecule is COC(=O)C1=CC=C(c2ccc(Br)cc2)C(O)(F)C1. The van der Waals surface area contributed by atoms with Crippen molar-refractivity contribution in [1.29, 1.82) is 0 Å². The number of halogens is 2. The third kappa shape index (κ3) is 2.93. The summed E-state index contributed by atoms with van der Waals surface area (Å²) in [7, 11) is 1.22. The van der Waals surface area contributed by atoms with E-state index in [0.29, 0.717) is 5.56 Å². The Hall–Kier alpha value is -1.46. The van der Waals surface area contributed by atoms with Gasteiger partial charge in [-0.2, -0.15) is 0 Å². The van der Waals surface area contributed by atoms with Crippen molar-refractivity contribution in [2.24, 2.45) is 0 Å². The number of esters is 1. The number of aliphatic hydroxyl groups is 1. The summed E-state index contributed by atoms with van der Waals surface area (Å²) in [5.41, 5.74) is 0.800. The standard InChI is InChI=1S/C14H12BrFO3/c1-19-13(17)10-4-7-12(14(16,18)8-10)9-2-5-11(15)6-3-9/h2-7,18H,8H2,1H3. The monoisotopic (exact) mass is 326 g/mol. The Labute approximate surface area is 118 Å². The summed E-state index contributed by atoms with van der Waals surface area (Å²) in [5, 5.41) is 9.88. The van der Waals surface area contributed by atoms with Gasteiger partial charge in [0.05, 0.1) is 7.11 Å². The van der Waals surface area contributed by atoms with Crippen LogP contribution >= 0.6 is 15.9 Å². The first-order valence-electron chi connectivity index (χ1n) is 5.61. The van der Waals surface area contributed by atoms with Crippen molar-refractivity contribution in [3.05, 3.63) is 52.0 Å². The van der Waals surface area contributed by atoms with E-state index in [9.17, 15) is 14.3 Å². The quantitative estimate of drug-likeness (QED) is 0.850. The second-order valence-corrected chi connectivity index (χ2v) is 5.12. The van der Waals surface area contributed by atoms with Gasteiger partial charge in [-0.15, -0.1) is 0 Å². The second-order valence-electron chi connectivity index (χ2n) is 4.21. The van der Waals surface area contributed by atoms with Crippen molar-refractivity contribution in [2.45, 2.75) is 12.3 Å². The predicted octanol–water partition coefficient (Wildman–Crippen LogP) is 2.99. The zero-order valence-corrected chi connectivity index (χ0v) is 11.8. The number of carbonyl (C=O) groups excluding carboxylic acids is 1. The maximum absolute atomic E-state index is 14.3. The molecule has 0 spiro atoms. The Bertz CT molecular complexity index is 559. The van der Waals surface area contributed by atoms with Gasteiger partial charge in [0.1, 0.15) is 0 Å². The maximum Gasteiger partial charge on any atom is 0.333 e. The Morgan fingerprint density at radius 1 is 1.37 bits per heavy atom. The molecule has 0 aromatic heterocycles. The van der Waals surface area contributed by atoms with E-state index in [4.69, 9.17) is 0 Å². The maximum atomic E-state index is 14.3. The van der Waals surface area contributed by atoms with Crippen molar-refractivity contribution in [3.63, 3.8) is 0 Å². The van der Waals surface area contributed by atoms with Crippen molar-refractivity contribution in [2.75, 3.05) is 7.11 Å². The number of carbonyl (C=O) groups is 1. The molecular weight excluding hydrogens is 315 g/mol. The van der Waals surface area contributed by atoms with Gasteiger partial charge in [0.2, 0.25) is 5.85 Å². The molecule has 100 valence electrons. The normalized spacial score (nSPS) is 22.5. The highest BCUT2D eigenvalue weighted by Gasteiger charge is 2.37. The van der Waals surface area contributed by atoms with E-state index in [1.807, 2.05) is 0 Å². The lowest BCUT2D eigenvalue weighted by atomic mass is 9.89. The van der Waals surface area contributed by atoms with Crippen LogP contribution in [0.2, 0.25) is 0 Å². The van der Waals surface area contributed by atoms with E-state index in [1.54, 1.807) is 24.3 Å². The van der Waals surface area contributed by atoms with Gasteiger partial charge in [-0.1, -0.05) is 40.2 Å². The van der Waals surface area contributed by atoms with Crippen LogP contribution in [0.4, 0.5) is 4.39 Å². The molecule has 1 aliphatic carbocycles. The molecule has 0 fully saturated rings. The van der Waals surface area contributed by atoms with Crippen LogP contribution in [-0.4, -0.2) is 24.0 Å². The first-order chi connectivity index (χ1) is 8.94. The molecule has 0 aliphatic heterocycles. The number of methoxy groups -OCH3 is 1. The molecule has 1 unspecified atom stereocenters. The summed E-state index contributed by atoms with van der Waals surface area (Å²) in [6.07, 6.45) is 2.46. The molecule has 1 aromatic rings. The van der Waals surface area contributed by atoms with Crippen molar-refractivity contribution < 1.29 is 19.0 Å². The van der Waals surface area contributed by atoms with E-state index in [-0.39, 0.29) is 11.1 Å². The van der Waals surface area contributed by atoms with Gasteiger partial charge in [0.15, 0.2) is 0 Å². The van der Waals surface area contributed by atoms with Crippen LogP contribution in [0.5, 0.6) is 0 Å². The van der Waals surface area contributed by atoms with Gasteiger partial charge in [0, 0.05) is 22.0 Å². The molecule has 1 N–H and O–H groups in total. The Morgan fingerprint density at radius 2 is 2.00 bits per heavy atom. The largest absolute Gasteiger partial charge is 0.466 e. The zero-order chi connectivity index (χ0) is 14.0. The van der Waals surface area contributed by atoms with Crippen molar-refractivity contribution in [1.82, 2.24) is 0 Å². The number of rotatable bonds is 2. The van der Waals surface area contributed by atoms with E-state index >= 15 is 0 Å². The third-order valence-electron chi connectivity index (χ3n) is 2.89. The fourth-order valence-corrected chi connectivity index (χ4v) is 2.20. The highest BCUT2D eigenvalue weighted by molar-refractivity contribution is 9.10. The number of hydrogen-bond acceptors (Lipinski definition) is 3. The molecule has 0 heterocycles. The van der Waals surface area contributed by atoms with Gasteiger partial charge in [-0.05, 0) is 17.7 Å². The highest BCUT2D eigenvalue weighted by Crippen LogP contribution is 2.37. The van der Waals surface area contributed by atoms with Crippen LogP contribution < -0.4 is 0 Å². The van der Waals surface area contributed by atoms with E-state index in [0.717, 1.165) is 4.47 Å². The zero-order valence-electron chi connectivity index (χ0n) is 10.2. The fourth-order valence-electron chi connectivity index (χ4n) is 1.94. The van der Waals surface area contributed by atoms with E-state index < -0.39 is 18.2 Å². The number of benzene rings is 1. The minimum absolute atomic E-state index is 0.105. The topological polar surface area (TPSA) is 46.5 Å². The molecule has 3 nitrogen and oxygen atoms in total. The third-order valence-corrected chi connectivity index (χ3v) is 3.42. The molecule has 19 heavy (non-hydrogen) atoms. The second kappa shape index (κ2) is 5.27. The van der Waals surface area contributed by atoms with Crippen LogP contribution in [0.1, 0.15) is 12.0 Å². The molecule has 0 amide bonds. The smallest absolute Gasteiger partial charge is 0.333 e. The van der Waals surface area contributed by atoms with E-state index in [2.05, 4.69) is 20.7 Å². The number of allylic oxidation sites excluding steroid dienone is 2. The molecule has 1 aliphatic rings. The fraction of sp³-hybridized carbons (Fsp3) is 0.214. The summed E-state index contributed by atoms with van der Waals surface area (Å²) < 4.78 is 19.7. The number of ether oxygens (including phenoxy) is 1. The molecule has 1 atom stereocenters. The molecule has 0 bridgehead atoms. The van der Waals surface area contributed by atoms with Gasteiger partial charge >= 0.3 is 5.97 Å². The van der Waals surface area contributed by atoms with Gasteiger partial charge in [0.25, 0.3) is 0 Å². The first kappa shape index (κ1) is 14.0.